The van der Waals surface area contributed by atoms with Crippen molar-refractivity contribution < 1.29 is 9.53 Å². The lowest BCUT2D eigenvalue weighted by molar-refractivity contribution is -0.125. The van der Waals surface area contributed by atoms with Crippen LogP contribution in [0.5, 0.6) is 0 Å². The summed E-state index contributed by atoms with van der Waals surface area (Å²) < 4.78 is 5.78. The normalized spacial score (nSPS) is 19.8. The molecule has 1 aromatic carbocycles. The highest BCUT2D eigenvalue weighted by atomic mass is 16.5. The van der Waals surface area contributed by atoms with E-state index in [0.29, 0.717) is 19.6 Å². The molecule has 1 aliphatic heterocycles. The van der Waals surface area contributed by atoms with Gasteiger partial charge in [0.2, 0.25) is 0 Å². The highest BCUT2D eigenvalue weighted by Crippen LogP contribution is 2.30. The highest BCUT2D eigenvalue weighted by Gasteiger charge is 2.24. The average Bonchev–Trinajstić information content (AvgIpc) is 2.45. The second kappa shape index (κ2) is 6.83. The number of ether oxygens (including phenoxy) is 1. The second-order valence-electron chi connectivity index (χ2n) is 5.31. The van der Waals surface area contributed by atoms with Gasteiger partial charge in [-0.3, -0.25) is 4.79 Å². The van der Waals surface area contributed by atoms with Crippen molar-refractivity contribution >= 4 is 5.78 Å². The summed E-state index contributed by atoms with van der Waals surface area (Å²) in [6.45, 7) is 3.36. The van der Waals surface area contributed by atoms with E-state index < -0.39 is 0 Å². The number of hydrogen-bond acceptors (Lipinski definition) is 3. The van der Waals surface area contributed by atoms with E-state index in [1.54, 1.807) is 0 Å². The van der Waals surface area contributed by atoms with Gasteiger partial charge in [-0.15, -0.1) is 0 Å². The molecule has 2 atom stereocenters. The molecule has 0 fully saturated rings. The Balaban J connectivity index is 1.98. The van der Waals surface area contributed by atoms with Gasteiger partial charge >= 0.3 is 0 Å². The number of Topliss-reactive ketones (excluding diaryl/α,β-unsaturated/α-hetero) is 1. The van der Waals surface area contributed by atoms with E-state index in [1.807, 2.05) is 19.1 Å². The van der Waals surface area contributed by atoms with Crippen molar-refractivity contribution in [3.8, 4) is 0 Å². The van der Waals surface area contributed by atoms with Crippen LogP contribution in [0.25, 0.3) is 0 Å². The van der Waals surface area contributed by atoms with E-state index in [9.17, 15) is 4.79 Å². The molecular formula is C16H23NO2. The van der Waals surface area contributed by atoms with Crippen molar-refractivity contribution in [1.29, 1.82) is 0 Å². The van der Waals surface area contributed by atoms with Crippen molar-refractivity contribution in [2.45, 2.75) is 38.7 Å². The molecule has 1 heterocycles. The Bertz CT molecular complexity index is 431. The molecule has 2 unspecified atom stereocenters. The van der Waals surface area contributed by atoms with Crippen LogP contribution >= 0.6 is 0 Å². The van der Waals surface area contributed by atoms with Gasteiger partial charge in [0, 0.05) is 12.3 Å². The molecule has 19 heavy (non-hydrogen) atoms. The molecule has 0 saturated carbocycles. The van der Waals surface area contributed by atoms with Crippen molar-refractivity contribution in [3.05, 3.63) is 35.4 Å². The van der Waals surface area contributed by atoms with Crippen LogP contribution in [0, 0.1) is 5.92 Å². The van der Waals surface area contributed by atoms with E-state index >= 15 is 0 Å². The van der Waals surface area contributed by atoms with E-state index in [4.69, 9.17) is 10.5 Å². The molecule has 2 N–H and O–H groups in total. The first kappa shape index (κ1) is 14.2. The maximum atomic E-state index is 12.2. The summed E-state index contributed by atoms with van der Waals surface area (Å²) in [4.78, 5) is 12.2. The van der Waals surface area contributed by atoms with Gasteiger partial charge in [0.25, 0.3) is 0 Å². The van der Waals surface area contributed by atoms with Gasteiger partial charge in [-0.2, -0.15) is 0 Å². The molecule has 3 heteroatoms. The lowest BCUT2D eigenvalue weighted by atomic mass is 9.90. The van der Waals surface area contributed by atoms with Crippen molar-refractivity contribution in [2.24, 2.45) is 11.7 Å². The summed E-state index contributed by atoms with van der Waals surface area (Å²) >= 11 is 0. The van der Waals surface area contributed by atoms with Crippen molar-refractivity contribution in [3.63, 3.8) is 0 Å². The topological polar surface area (TPSA) is 52.3 Å². The third kappa shape index (κ3) is 3.64. The van der Waals surface area contributed by atoms with Crippen LogP contribution < -0.4 is 5.73 Å². The fraction of sp³-hybridized carbons (Fsp3) is 0.562. The third-order valence-electron chi connectivity index (χ3n) is 3.87. The molecule has 104 valence electrons. The van der Waals surface area contributed by atoms with Crippen LogP contribution in [-0.4, -0.2) is 18.9 Å². The molecule has 0 bridgehead atoms. The number of hydrogen-bond donors (Lipinski definition) is 1. The van der Waals surface area contributed by atoms with Crippen LogP contribution in [-0.2, 0) is 16.0 Å². The molecule has 0 radical (unpaired) electrons. The van der Waals surface area contributed by atoms with Crippen molar-refractivity contribution in [2.75, 3.05) is 13.2 Å². The van der Waals surface area contributed by atoms with Gasteiger partial charge in [0.05, 0.1) is 12.7 Å². The second-order valence-corrected chi connectivity index (χ2v) is 5.31. The molecule has 3 nitrogen and oxygen atoms in total. The molecule has 0 aliphatic carbocycles. The van der Waals surface area contributed by atoms with Gasteiger partial charge in [0.15, 0.2) is 0 Å². The van der Waals surface area contributed by atoms with E-state index in [0.717, 1.165) is 19.3 Å². The van der Waals surface area contributed by atoms with E-state index in [-0.39, 0.29) is 17.8 Å². The number of ketones is 1. The monoisotopic (exact) mass is 261 g/mol. The van der Waals surface area contributed by atoms with E-state index in [1.165, 1.54) is 11.1 Å². The summed E-state index contributed by atoms with van der Waals surface area (Å²) in [7, 11) is 0. The maximum Gasteiger partial charge on any atom is 0.138 e. The molecular weight excluding hydrogens is 238 g/mol. The zero-order valence-electron chi connectivity index (χ0n) is 11.6. The number of carbonyl (C=O) groups excluding carboxylic acids is 1. The smallest absolute Gasteiger partial charge is 0.138 e. The number of nitrogens with two attached hydrogens (primary N) is 1. The van der Waals surface area contributed by atoms with Crippen LogP contribution in [0.3, 0.4) is 0 Å². The summed E-state index contributed by atoms with van der Waals surface area (Å²) in [5, 5.41) is 0. The van der Waals surface area contributed by atoms with Gasteiger partial charge in [-0.05, 0) is 36.9 Å². The lowest BCUT2D eigenvalue weighted by Gasteiger charge is -2.26. The molecule has 0 amide bonds. The Morgan fingerprint density at radius 1 is 1.47 bits per heavy atom. The fourth-order valence-corrected chi connectivity index (χ4v) is 2.61. The Labute approximate surface area is 115 Å². The van der Waals surface area contributed by atoms with Gasteiger partial charge in [-0.1, -0.05) is 31.2 Å². The van der Waals surface area contributed by atoms with Crippen LogP contribution in [0.1, 0.15) is 43.4 Å². The SMILES string of the molecule is CC(CCCN)C(=O)CC1OCCc2ccccc21. The minimum absolute atomic E-state index is 0.0576. The van der Waals surface area contributed by atoms with Gasteiger partial charge in [-0.25, -0.2) is 0 Å². The van der Waals surface area contributed by atoms with Crippen LogP contribution in [0.2, 0.25) is 0 Å². The predicted molar refractivity (Wildman–Crippen MR) is 75.9 cm³/mol. The molecule has 1 aliphatic rings. The number of rotatable bonds is 6. The maximum absolute atomic E-state index is 12.2. The predicted octanol–water partition coefficient (Wildman–Crippen LogP) is 2.63. The van der Waals surface area contributed by atoms with Crippen LogP contribution in [0.4, 0.5) is 0 Å². The first-order valence-corrected chi connectivity index (χ1v) is 7.14. The average molecular weight is 261 g/mol. The Morgan fingerprint density at radius 2 is 2.26 bits per heavy atom. The number of fused-ring (bicyclic) bond motifs is 1. The Kier molecular flexibility index (Phi) is 5.11. The van der Waals surface area contributed by atoms with Gasteiger partial charge in [0.1, 0.15) is 5.78 Å². The zero-order valence-corrected chi connectivity index (χ0v) is 11.6. The minimum Gasteiger partial charge on any atom is -0.373 e. The zero-order chi connectivity index (χ0) is 13.7. The first-order chi connectivity index (χ1) is 9.22. The van der Waals surface area contributed by atoms with Crippen molar-refractivity contribution in [1.82, 2.24) is 0 Å². The quantitative estimate of drug-likeness (QED) is 0.856. The molecule has 0 saturated heterocycles. The summed E-state index contributed by atoms with van der Waals surface area (Å²) in [6.07, 6.45) is 3.17. The summed E-state index contributed by atoms with van der Waals surface area (Å²) in [6, 6.07) is 8.28. The van der Waals surface area contributed by atoms with Crippen LogP contribution in [0.15, 0.2) is 24.3 Å². The third-order valence-corrected chi connectivity index (χ3v) is 3.87. The summed E-state index contributed by atoms with van der Waals surface area (Å²) in [5.41, 5.74) is 8.00. The highest BCUT2D eigenvalue weighted by molar-refractivity contribution is 5.81. The van der Waals surface area contributed by atoms with Gasteiger partial charge < -0.3 is 10.5 Å². The molecule has 1 aromatic rings. The molecule has 0 spiro atoms. The molecule has 0 aromatic heterocycles. The standard InChI is InChI=1S/C16H23NO2/c1-12(5-4-9-17)15(18)11-16-14-7-3-2-6-13(14)8-10-19-16/h2-3,6-7,12,16H,4-5,8-11,17H2,1H3. The largest absolute Gasteiger partial charge is 0.373 e. The first-order valence-electron chi connectivity index (χ1n) is 7.14. The lowest BCUT2D eigenvalue weighted by Crippen LogP contribution is -2.22. The minimum atomic E-state index is -0.0576. The summed E-state index contributed by atoms with van der Waals surface area (Å²) in [5.74, 6) is 0.372. The number of benzene rings is 1. The van der Waals surface area contributed by atoms with E-state index in [2.05, 4.69) is 12.1 Å². The Hall–Kier alpha value is -1.19. The number of carbonyl (C=O) groups is 1. The fourth-order valence-electron chi connectivity index (χ4n) is 2.61. The Morgan fingerprint density at radius 3 is 3.05 bits per heavy atom. The molecule has 2 rings (SSSR count).